The van der Waals surface area contributed by atoms with Crippen LogP contribution in [0.25, 0.3) is 11.3 Å². The Morgan fingerprint density at radius 3 is 2.60 bits per heavy atom. The van der Waals surface area contributed by atoms with Crippen LogP contribution < -0.4 is 5.32 Å². The number of nitrogens with one attached hydrogen (secondary N) is 2. The Balaban J connectivity index is 1.74. The Hall–Kier alpha value is -1.59. The van der Waals surface area contributed by atoms with Crippen LogP contribution in [0.4, 0.5) is 5.69 Å². The molecule has 2 aromatic heterocycles. The second kappa shape index (κ2) is 5.81. The summed E-state index contributed by atoms with van der Waals surface area (Å²) in [6.45, 7) is 2.17. The number of aromatic amines is 1. The van der Waals surface area contributed by atoms with E-state index in [-0.39, 0.29) is 6.04 Å². The van der Waals surface area contributed by atoms with E-state index >= 15 is 0 Å². The molecule has 2 N–H and O–H groups in total. The highest BCUT2D eigenvalue weighted by Gasteiger charge is 2.10. The fourth-order valence-corrected chi connectivity index (χ4v) is 3.82. The van der Waals surface area contributed by atoms with Crippen LogP contribution in [0.1, 0.15) is 17.8 Å². The summed E-state index contributed by atoms with van der Waals surface area (Å²) in [6.07, 6.45) is 1.76. The lowest BCUT2D eigenvalue weighted by atomic mass is 10.1. The quantitative estimate of drug-likeness (QED) is 0.691. The van der Waals surface area contributed by atoms with Gasteiger partial charge in [-0.05, 0) is 58.1 Å². The summed E-state index contributed by atoms with van der Waals surface area (Å²) in [5.74, 6) is 0. The molecule has 20 heavy (non-hydrogen) atoms. The lowest BCUT2D eigenvalue weighted by Crippen LogP contribution is -2.05. The maximum atomic E-state index is 3.97. The number of anilines is 1. The highest BCUT2D eigenvalue weighted by atomic mass is 79.9. The van der Waals surface area contributed by atoms with Gasteiger partial charge in [0.15, 0.2) is 0 Å². The fraction of sp³-hybridized carbons (Fsp3) is 0.133. The third kappa shape index (κ3) is 2.78. The van der Waals surface area contributed by atoms with Gasteiger partial charge in [0.25, 0.3) is 0 Å². The van der Waals surface area contributed by atoms with Crippen molar-refractivity contribution in [2.75, 3.05) is 5.32 Å². The molecule has 0 aliphatic carbocycles. The van der Waals surface area contributed by atoms with Crippen LogP contribution in [0.5, 0.6) is 0 Å². The van der Waals surface area contributed by atoms with Crippen molar-refractivity contribution < 1.29 is 0 Å². The summed E-state index contributed by atoms with van der Waals surface area (Å²) in [6, 6.07) is 12.7. The molecule has 1 atom stereocenters. The van der Waals surface area contributed by atoms with Gasteiger partial charge >= 0.3 is 0 Å². The molecule has 0 saturated heterocycles. The first kappa shape index (κ1) is 13.4. The predicted octanol–water partition coefficient (Wildman–Crippen LogP) is 5.07. The number of H-pyrrole nitrogens is 1. The molecule has 3 aromatic rings. The molecule has 3 nitrogen and oxygen atoms in total. The largest absolute Gasteiger partial charge is 0.378 e. The summed E-state index contributed by atoms with van der Waals surface area (Å²) < 4.78 is 1.16. The number of aromatic nitrogens is 2. The average Bonchev–Trinajstić information content (AvgIpc) is 3.10. The lowest BCUT2D eigenvalue weighted by molar-refractivity contribution is 0.903. The van der Waals surface area contributed by atoms with Gasteiger partial charge in [-0.3, -0.25) is 5.10 Å². The van der Waals surface area contributed by atoms with Crippen LogP contribution in [0.2, 0.25) is 0 Å². The van der Waals surface area contributed by atoms with E-state index < -0.39 is 0 Å². The van der Waals surface area contributed by atoms with Crippen molar-refractivity contribution in [1.29, 1.82) is 0 Å². The van der Waals surface area contributed by atoms with E-state index in [2.05, 4.69) is 74.1 Å². The zero-order valence-corrected chi connectivity index (χ0v) is 13.3. The number of hydrogen-bond donors (Lipinski definition) is 2. The van der Waals surface area contributed by atoms with Crippen molar-refractivity contribution in [1.82, 2.24) is 10.2 Å². The van der Waals surface area contributed by atoms with Crippen LogP contribution >= 0.6 is 27.3 Å². The monoisotopic (exact) mass is 347 g/mol. The molecule has 0 radical (unpaired) electrons. The van der Waals surface area contributed by atoms with E-state index in [1.807, 2.05) is 6.07 Å². The van der Waals surface area contributed by atoms with Gasteiger partial charge in [0, 0.05) is 21.2 Å². The molecule has 0 fully saturated rings. The number of thiophene rings is 1. The van der Waals surface area contributed by atoms with Crippen molar-refractivity contribution in [2.45, 2.75) is 13.0 Å². The Kier molecular flexibility index (Phi) is 3.89. The molecule has 1 aromatic carbocycles. The van der Waals surface area contributed by atoms with E-state index in [9.17, 15) is 0 Å². The minimum atomic E-state index is 0.280. The van der Waals surface area contributed by atoms with Crippen LogP contribution in [-0.2, 0) is 0 Å². The van der Waals surface area contributed by atoms with Crippen LogP contribution in [0.3, 0.4) is 0 Å². The number of benzene rings is 1. The topological polar surface area (TPSA) is 40.7 Å². The average molecular weight is 348 g/mol. The highest BCUT2D eigenvalue weighted by molar-refractivity contribution is 9.10. The summed E-state index contributed by atoms with van der Waals surface area (Å²) >= 11 is 5.33. The Bertz CT molecular complexity index is 673. The fourth-order valence-electron chi connectivity index (χ4n) is 2.09. The van der Waals surface area contributed by atoms with Gasteiger partial charge in [-0.15, -0.1) is 11.3 Å². The van der Waals surface area contributed by atoms with Gasteiger partial charge in [-0.1, -0.05) is 12.1 Å². The maximum Gasteiger partial charge on any atom is 0.0650 e. The number of halogens is 1. The minimum absolute atomic E-state index is 0.280. The molecule has 0 saturated carbocycles. The maximum absolute atomic E-state index is 3.97. The van der Waals surface area contributed by atoms with E-state index in [0.717, 1.165) is 21.4 Å². The lowest BCUT2D eigenvalue weighted by Gasteiger charge is -2.14. The third-order valence-corrected chi connectivity index (χ3v) is 5.17. The SMILES string of the molecule is CC(Nc1ccc(-c2ccn[nH]2)cc1)c1sccc1Br. The summed E-state index contributed by atoms with van der Waals surface area (Å²) in [5, 5.41) is 12.5. The molecule has 5 heteroatoms. The molecule has 1 unspecified atom stereocenters. The molecule has 3 rings (SSSR count). The number of hydrogen-bond acceptors (Lipinski definition) is 3. The zero-order valence-electron chi connectivity index (χ0n) is 10.9. The zero-order chi connectivity index (χ0) is 13.9. The number of nitrogens with zero attached hydrogens (tertiary/aromatic N) is 1. The summed E-state index contributed by atoms with van der Waals surface area (Å²) in [4.78, 5) is 1.31. The van der Waals surface area contributed by atoms with E-state index in [4.69, 9.17) is 0 Å². The van der Waals surface area contributed by atoms with Gasteiger partial charge in [0.05, 0.1) is 11.7 Å². The molecule has 0 spiro atoms. The van der Waals surface area contributed by atoms with Gasteiger partial charge < -0.3 is 5.32 Å². The van der Waals surface area contributed by atoms with E-state index in [1.54, 1.807) is 17.5 Å². The van der Waals surface area contributed by atoms with Crippen molar-refractivity contribution in [2.24, 2.45) is 0 Å². The van der Waals surface area contributed by atoms with E-state index in [0.29, 0.717) is 0 Å². The smallest absolute Gasteiger partial charge is 0.0650 e. The Morgan fingerprint density at radius 2 is 2.00 bits per heavy atom. The highest BCUT2D eigenvalue weighted by Crippen LogP contribution is 2.31. The predicted molar refractivity (Wildman–Crippen MR) is 88.1 cm³/mol. The second-order valence-corrected chi connectivity index (χ2v) is 6.35. The molecular weight excluding hydrogens is 334 g/mol. The van der Waals surface area contributed by atoms with Crippen LogP contribution in [0, 0.1) is 0 Å². The standard InChI is InChI=1S/C15H14BrN3S/c1-10(15-13(16)7-9-20-15)18-12-4-2-11(3-5-12)14-6-8-17-19-14/h2-10,18H,1H3,(H,17,19). The molecule has 0 aliphatic rings. The number of rotatable bonds is 4. The van der Waals surface area contributed by atoms with Crippen molar-refractivity contribution in [3.8, 4) is 11.3 Å². The summed E-state index contributed by atoms with van der Waals surface area (Å²) in [7, 11) is 0. The van der Waals surface area contributed by atoms with Crippen LogP contribution in [0.15, 0.2) is 52.4 Å². The van der Waals surface area contributed by atoms with Crippen molar-refractivity contribution in [3.05, 3.63) is 57.3 Å². The molecule has 102 valence electrons. The molecule has 0 amide bonds. The Labute approximate surface area is 130 Å². The van der Waals surface area contributed by atoms with Gasteiger partial charge in [0.1, 0.15) is 0 Å². The first-order valence-corrected chi connectivity index (χ1v) is 8.00. The van der Waals surface area contributed by atoms with Gasteiger partial charge in [-0.25, -0.2) is 0 Å². The van der Waals surface area contributed by atoms with Crippen molar-refractivity contribution in [3.63, 3.8) is 0 Å². The molecule has 2 heterocycles. The summed E-state index contributed by atoms with van der Waals surface area (Å²) in [5.41, 5.74) is 3.28. The second-order valence-electron chi connectivity index (χ2n) is 4.55. The molecular formula is C15H14BrN3S. The van der Waals surface area contributed by atoms with E-state index in [1.165, 1.54) is 4.88 Å². The minimum Gasteiger partial charge on any atom is -0.378 e. The molecule has 0 aliphatic heterocycles. The molecule has 0 bridgehead atoms. The Morgan fingerprint density at radius 1 is 1.20 bits per heavy atom. The van der Waals surface area contributed by atoms with Gasteiger partial charge in [-0.2, -0.15) is 5.10 Å². The third-order valence-electron chi connectivity index (χ3n) is 3.12. The van der Waals surface area contributed by atoms with Gasteiger partial charge in [0.2, 0.25) is 0 Å². The first-order valence-electron chi connectivity index (χ1n) is 6.33. The van der Waals surface area contributed by atoms with Crippen LogP contribution in [-0.4, -0.2) is 10.2 Å². The van der Waals surface area contributed by atoms with Crippen molar-refractivity contribution >= 4 is 33.0 Å². The first-order chi connectivity index (χ1) is 9.74. The normalized spacial score (nSPS) is 12.3.